The van der Waals surface area contributed by atoms with Gasteiger partial charge in [0, 0.05) is 5.92 Å². The van der Waals surface area contributed by atoms with E-state index in [4.69, 9.17) is 9.47 Å². The van der Waals surface area contributed by atoms with Crippen LogP contribution in [0.3, 0.4) is 0 Å². The van der Waals surface area contributed by atoms with Crippen molar-refractivity contribution in [2.75, 3.05) is 6.61 Å². The molecule has 2 rings (SSSR count). The van der Waals surface area contributed by atoms with Gasteiger partial charge >= 0.3 is 0 Å². The average molecular weight is 218 g/mol. The van der Waals surface area contributed by atoms with E-state index in [0.717, 1.165) is 0 Å². The molecule has 0 bridgehead atoms. The average Bonchev–Trinajstić information content (AvgIpc) is 2.29. The van der Waals surface area contributed by atoms with Crippen LogP contribution in [0.1, 0.15) is 25.5 Å². The first-order valence-corrected chi connectivity index (χ1v) is 5.62. The minimum absolute atomic E-state index is 0.0439. The SMILES string of the molecule is C=C[C@H]1COC(C)(C)O[C@@H]1c1ccccc1. The summed E-state index contributed by atoms with van der Waals surface area (Å²) in [4.78, 5) is 0. The Bertz CT molecular complexity index is 356. The molecule has 0 saturated carbocycles. The van der Waals surface area contributed by atoms with Gasteiger partial charge in [-0.3, -0.25) is 0 Å². The number of ether oxygens (including phenoxy) is 2. The molecule has 1 heterocycles. The molecule has 0 unspecified atom stereocenters. The second kappa shape index (κ2) is 4.40. The molecule has 2 nitrogen and oxygen atoms in total. The Labute approximate surface area is 96.9 Å². The van der Waals surface area contributed by atoms with Crippen molar-refractivity contribution in [2.24, 2.45) is 5.92 Å². The third kappa shape index (κ3) is 2.34. The smallest absolute Gasteiger partial charge is 0.163 e. The summed E-state index contributed by atoms with van der Waals surface area (Å²) in [7, 11) is 0. The number of hydrogen-bond donors (Lipinski definition) is 0. The zero-order valence-corrected chi connectivity index (χ0v) is 9.85. The summed E-state index contributed by atoms with van der Waals surface area (Å²) < 4.78 is 11.6. The van der Waals surface area contributed by atoms with Crippen LogP contribution in [0.15, 0.2) is 43.0 Å². The number of benzene rings is 1. The quantitative estimate of drug-likeness (QED) is 0.709. The fourth-order valence-corrected chi connectivity index (χ4v) is 1.96. The lowest BCUT2D eigenvalue weighted by atomic mass is 9.94. The molecule has 0 aliphatic carbocycles. The van der Waals surface area contributed by atoms with Gasteiger partial charge in [-0.1, -0.05) is 36.4 Å². The van der Waals surface area contributed by atoms with Gasteiger partial charge in [-0.25, -0.2) is 0 Å². The zero-order chi connectivity index (χ0) is 11.6. The van der Waals surface area contributed by atoms with Crippen LogP contribution in [-0.4, -0.2) is 12.4 Å². The first-order valence-electron chi connectivity index (χ1n) is 5.62. The van der Waals surface area contributed by atoms with Crippen molar-refractivity contribution in [1.82, 2.24) is 0 Å². The van der Waals surface area contributed by atoms with Gasteiger partial charge in [0.25, 0.3) is 0 Å². The van der Waals surface area contributed by atoms with Gasteiger partial charge in [0.15, 0.2) is 5.79 Å². The third-order valence-electron chi connectivity index (χ3n) is 2.85. The highest BCUT2D eigenvalue weighted by Crippen LogP contribution is 2.36. The van der Waals surface area contributed by atoms with Gasteiger partial charge in [0.05, 0.1) is 12.7 Å². The van der Waals surface area contributed by atoms with E-state index >= 15 is 0 Å². The van der Waals surface area contributed by atoms with Crippen molar-refractivity contribution >= 4 is 0 Å². The zero-order valence-electron chi connectivity index (χ0n) is 9.85. The number of hydrogen-bond acceptors (Lipinski definition) is 2. The lowest BCUT2D eigenvalue weighted by Crippen LogP contribution is -2.40. The van der Waals surface area contributed by atoms with Gasteiger partial charge < -0.3 is 9.47 Å². The molecule has 0 N–H and O–H groups in total. The summed E-state index contributed by atoms with van der Waals surface area (Å²) in [6, 6.07) is 10.2. The van der Waals surface area contributed by atoms with Crippen LogP contribution in [-0.2, 0) is 9.47 Å². The van der Waals surface area contributed by atoms with Crippen molar-refractivity contribution in [3.05, 3.63) is 48.6 Å². The van der Waals surface area contributed by atoms with E-state index in [-0.39, 0.29) is 12.0 Å². The normalized spacial score (nSPS) is 28.6. The van der Waals surface area contributed by atoms with Gasteiger partial charge in [0.2, 0.25) is 0 Å². The van der Waals surface area contributed by atoms with Crippen molar-refractivity contribution in [2.45, 2.75) is 25.7 Å². The Morgan fingerprint density at radius 3 is 2.62 bits per heavy atom. The van der Waals surface area contributed by atoms with Gasteiger partial charge in [0.1, 0.15) is 0 Å². The van der Waals surface area contributed by atoms with E-state index in [1.807, 2.05) is 38.1 Å². The lowest BCUT2D eigenvalue weighted by molar-refractivity contribution is -0.289. The summed E-state index contributed by atoms with van der Waals surface area (Å²) >= 11 is 0. The molecule has 2 heteroatoms. The fourth-order valence-electron chi connectivity index (χ4n) is 1.96. The van der Waals surface area contributed by atoms with E-state index in [0.29, 0.717) is 6.61 Å². The van der Waals surface area contributed by atoms with Crippen LogP contribution in [0, 0.1) is 5.92 Å². The van der Waals surface area contributed by atoms with Crippen molar-refractivity contribution in [3.63, 3.8) is 0 Å². The maximum atomic E-state index is 5.97. The lowest BCUT2D eigenvalue weighted by Gasteiger charge is -2.40. The molecule has 0 amide bonds. The van der Waals surface area contributed by atoms with E-state index in [9.17, 15) is 0 Å². The van der Waals surface area contributed by atoms with Crippen LogP contribution in [0.25, 0.3) is 0 Å². The molecule has 0 radical (unpaired) electrons. The first kappa shape index (κ1) is 11.4. The van der Waals surface area contributed by atoms with Crippen LogP contribution >= 0.6 is 0 Å². The summed E-state index contributed by atoms with van der Waals surface area (Å²) in [6.45, 7) is 8.40. The molecule has 1 saturated heterocycles. The summed E-state index contributed by atoms with van der Waals surface area (Å²) in [6.07, 6.45) is 1.95. The maximum Gasteiger partial charge on any atom is 0.163 e. The minimum Gasteiger partial charge on any atom is -0.350 e. The third-order valence-corrected chi connectivity index (χ3v) is 2.85. The molecule has 0 aromatic heterocycles. The van der Waals surface area contributed by atoms with Gasteiger partial charge in [-0.05, 0) is 19.4 Å². The Morgan fingerprint density at radius 1 is 1.31 bits per heavy atom. The highest BCUT2D eigenvalue weighted by Gasteiger charge is 2.35. The van der Waals surface area contributed by atoms with E-state index in [1.165, 1.54) is 5.56 Å². The van der Waals surface area contributed by atoms with Gasteiger partial charge in [-0.15, -0.1) is 6.58 Å². The molecule has 1 fully saturated rings. The Hall–Kier alpha value is -1.12. The Kier molecular flexibility index (Phi) is 3.13. The molecule has 1 aliphatic heterocycles. The maximum absolute atomic E-state index is 5.97. The van der Waals surface area contributed by atoms with E-state index < -0.39 is 5.79 Å². The highest BCUT2D eigenvalue weighted by molar-refractivity contribution is 5.20. The van der Waals surface area contributed by atoms with Crippen molar-refractivity contribution < 1.29 is 9.47 Å². The van der Waals surface area contributed by atoms with Crippen LogP contribution in [0.5, 0.6) is 0 Å². The minimum atomic E-state index is -0.514. The van der Waals surface area contributed by atoms with Crippen molar-refractivity contribution in [3.8, 4) is 0 Å². The largest absolute Gasteiger partial charge is 0.350 e. The second-order valence-electron chi connectivity index (χ2n) is 4.56. The van der Waals surface area contributed by atoms with E-state index in [2.05, 4.69) is 18.7 Å². The molecular formula is C14H18O2. The highest BCUT2D eigenvalue weighted by atomic mass is 16.7. The predicted molar refractivity (Wildman–Crippen MR) is 64.0 cm³/mol. The first-order chi connectivity index (χ1) is 7.62. The standard InChI is InChI=1S/C14H18O2/c1-4-11-10-15-14(2,3)16-13(11)12-8-6-5-7-9-12/h4-9,11,13H,1,10H2,2-3H3/t11-,13-/m0/s1. The van der Waals surface area contributed by atoms with Gasteiger partial charge in [-0.2, -0.15) is 0 Å². The molecule has 0 spiro atoms. The molecule has 1 aliphatic rings. The molecule has 86 valence electrons. The molecule has 1 aromatic carbocycles. The predicted octanol–water partition coefficient (Wildman–Crippen LogP) is 3.31. The summed E-state index contributed by atoms with van der Waals surface area (Å²) in [5.41, 5.74) is 1.18. The second-order valence-corrected chi connectivity index (χ2v) is 4.56. The van der Waals surface area contributed by atoms with Crippen molar-refractivity contribution in [1.29, 1.82) is 0 Å². The molecule has 16 heavy (non-hydrogen) atoms. The van der Waals surface area contributed by atoms with Crippen LogP contribution < -0.4 is 0 Å². The molecule has 2 atom stereocenters. The van der Waals surface area contributed by atoms with E-state index in [1.54, 1.807) is 0 Å². The fraction of sp³-hybridized carbons (Fsp3) is 0.429. The van der Waals surface area contributed by atoms with Crippen LogP contribution in [0.2, 0.25) is 0 Å². The molecular weight excluding hydrogens is 200 g/mol. The topological polar surface area (TPSA) is 18.5 Å². The monoisotopic (exact) mass is 218 g/mol. The summed E-state index contributed by atoms with van der Waals surface area (Å²) in [5.74, 6) is -0.296. The summed E-state index contributed by atoms with van der Waals surface area (Å²) in [5, 5.41) is 0. The number of rotatable bonds is 2. The molecule has 1 aromatic rings. The Morgan fingerprint density at radius 2 is 2.00 bits per heavy atom. The van der Waals surface area contributed by atoms with Crippen LogP contribution in [0.4, 0.5) is 0 Å². The Balaban J connectivity index is 2.25.